The molecule has 0 saturated heterocycles. The minimum atomic E-state index is -1.02. The molecule has 1 aromatic rings. The van der Waals surface area contributed by atoms with Gasteiger partial charge in [-0.25, -0.2) is 0 Å². The summed E-state index contributed by atoms with van der Waals surface area (Å²) in [6.45, 7) is -0.390. The summed E-state index contributed by atoms with van der Waals surface area (Å²) in [4.78, 5) is 14.3. The molecular weight excluding hydrogens is 158 g/mol. The molecule has 1 rings (SSSR count). The lowest BCUT2D eigenvalue weighted by Gasteiger charge is -2.07. The van der Waals surface area contributed by atoms with Gasteiger partial charge in [0.05, 0.1) is 6.61 Å². The number of aliphatic hydroxyl groups excluding tert-OH is 1. The van der Waals surface area contributed by atoms with E-state index in [1.165, 1.54) is 12.4 Å². The third-order valence-corrected chi connectivity index (χ3v) is 1.59. The first-order chi connectivity index (χ1) is 5.75. The van der Waals surface area contributed by atoms with Gasteiger partial charge in [-0.05, 0) is 17.7 Å². The molecule has 64 valence electrons. The zero-order chi connectivity index (χ0) is 8.97. The maximum Gasteiger partial charge on any atom is 0.313 e. The summed E-state index contributed by atoms with van der Waals surface area (Å²) < 4.78 is 0. The van der Waals surface area contributed by atoms with Gasteiger partial charge in [-0.3, -0.25) is 9.78 Å². The second kappa shape index (κ2) is 3.82. The molecule has 0 amide bonds. The van der Waals surface area contributed by atoms with Crippen molar-refractivity contribution in [3.05, 3.63) is 30.1 Å². The van der Waals surface area contributed by atoms with Crippen LogP contribution in [0.5, 0.6) is 0 Å². The van der Waals surface area contributed by atoms with Gasteiger partial charge in [-0.2, -0.15) is 0 Å². The Morgan fingerprint density at radius 1 is 1.50 bits per heavy atom. The van der Waals surface area contributed by atoms with E-state index in [0.717, 1.165) is 0 Å². The lowest BCUT2D eigenvalue weighted by Crippen LogP contribution is -2.15. The van der Waals surface area contributed by atoms with Crippen LogP contribution in [0, 0.1) is 0 Å². The van der Waals surface area contributed by atoms with Gasteiger partial charge in [0.25, 0.3) is 0 Å². The molecule has 4 nitrogen and oxygen atoms in total. The van der Waals surface area contributed by atoms with Crippen LogP contribution in [0.4, 0.5) is 0 Å². The summed E-state index contributed by atoms with van der Waals surface area (Å²) >= 11 is 0. The van der Waals surface area contributed by atoms with E-state index < -0.39 is 11.9 Å². The highest BCUT2D eigenvalue weighted by Gasteiger charge is 2.17. The molecule has 0 aliphatic rings. The topological polar surface area (TPSA) is 70.4 Å². The Kier molecular flexibility index (Phi) is 2.76. The third kappa shape index (κ3) is 1.79. The molecule has 0 saturated carbocycles. The van der Waals surface area contributed by atoms with E-state index in [2.05, 4.69) is 4.98 Å². The molecule has 0 aromatic carbocycles. The van der Waals surface area contributed by atoms with Crippen LogP contribution in [-0.4, -0.2) is 27.8 Å². The number of aliphatic carboxylic acids is 1. The molecule has 1 heterocycles. The first kappa shape index (κ1) is 8.67. The lowest BCUT2D eigenvalue weighted by atomic mass is 10.0. The Hall–Kier alpha value is -1.42. The Morgan fingerprint density at radius 2 is 2.08 bits per heavy atom. The molecule has 0 radical (unpaired) electrons. The maximum absolute atomic E-state index is 10.6. The highest BCUT2D eigenvalue weighted by atomic mass is 16.4. The zero-order valence-corrected chi connectivity index (χ0v) is 6.34. The predicted octanol–water partition coefficient (Wildman–Crippen LogP) is 0.242. The number of hydrogen-bond acceptors (Lipinski definition) is 3. The third-order valence-electron chi connectivity index (χ3n) is 1.59. The Balaban J connectivity index is 2.88. The van der Waals surface area contributed by atoms with Crippen LogP contribution < -0.4 is 0 Å². The Labute approximate surface area is 69.5 Å². The van der Waals surface area contributed by atoms with Crippen molar-refractivity contribution in [2.24, 2.45) is 0 Å². The number of rotatable bonds is 3. The van der Waals surface area contributed by atoms with Crippen molar-refractivity contribution in [3.8, 4) is 0 Å². The summed E-state index contributed by atoms with van der Waals surface area (Å²) in [6, 6.07) is 3.16. The van der Waals surface area contributed by atoms with Crippen LogP contribution in [0.2, 0.25) is 0 Å². The molecule has 1 unspecified atom stereocenters. The summed E-state index contributed by atoms with van der Waals surface area (Å²) in [5, 5.41) is 17.4. The van der Waals surface area contributed by atoms with E-state index in [1.807, 2.05) is 0 Å². The maximum atomic E-state index is 10.6. The van der Waals surface area contributed by atoms with Crippen LogP contribution in [0.1, 0.15) is 11.5 Å². The van der Waals surface area contributed by atoms with Gasteiger partial charge >= 0.3 is 5.97 Å². The summed E-state index contributed by atoms with van der Waals surface area (Å²) in [6.07, 6.45) is 3.00. The minimum absolute atomic E-state index is 0.390. The smallest absolute Gasteiger partial charge is 0.313 e. The molecule has 2 N–H and O–H groups in total. The van der Waals surface area contributed by atoms with Crippen molar-refractivity contribution in [1.29, 1.82) is 0 Å². The summed E-state index contributed by atoms with van der Waals surface area (Å²) in [5.41, 5.74) is 0.569. The van der Waals surface area contributed by atoms with Crippen molar-refractivity contribution in [2.75, 3.05) is 6.61 Å². The van der Waals surface area contributed by atoms with E-state index in [9.17, 15) is 4.79 Å². The number of carboxylic acids is 1. The van der Waals surface area contributed by atoms with Gasteiger partial charge in [-0.1, -0.05) is 0 Å². The number of pyridine rings is 1. The second-order valence-electron chi connectivity index (χ2n) is 2.35. The summed E-state index contributed by atoms with van der Waals surface area (Å²) in [5.74, 6) is -1.86. The van der Waals surface area contributed by atoms with Gasteiger partial charge in [0.1, 0.15) is 5.92 Å². The standard InChI is InChI=1S/C8H9NO3/c10-5-7(8(11)12)6-1-3-9-4-2-6/h1-4,7,10H,5H2,(H,11,12). The molecule has 0 bridgehead atoms. The highest BCUT2D eigenvalue weighted by Crippen LogP contribution is 2.13. The van der Waals surface area contributed by atoms with E-state index in [0.29, 0.717) is 5.56 Å². The lowest BCUT2D eigenvalue weighted by molar-refractivity contribution is -0.139. The molecule has 0 aliphatic heterocycles. The number of carbonyl (C=O) groups is 1. The van der Waals surface area contributed by atoms with Gasteiger partial charge in [0.15, 0.2) is 0 Å². The molecule has 12 heavy (non-hydrogen) atoms. The highest BCUT2D eigenvalue weighted by molar-refractivity contribution is 5.76. The van der Waals surface area contributed by atoms with E-state index in [1.54, 1.807) is 12.1 Å². The quantitative estimate of drug-likeness (QED) is 0.676. The van der Waals surface area contributed by atoms with Crippen molar-refractivity contribution >= 4 is 5.97 Å². The van der Waals surface area contributed by atoms with Crippen molar-refractivity contribution in [1.82, 2.24) is 4.98 Å². The first-order valence-electron chi connectivity index (χ1n) is 3.49. The van der Waals surface area contributed by atoms with Crippen molar-refractivity contribution in [3.63, 3.8) is 0 Å². The Bertz CT molecular complexity index is 260. The normalized spacial score (nSPS) is 12.4. The molecule has 0 aliphatic carbocycles. The van der Waals surface area contributed by atoms with Gasteiger partial charge in [0, 0.05) is 12.4 Å². The molecule has 0 fully saturated rings. The van der Waals surface area contributed by atoms with Gasteiger partial charge in [-0.15, -0.1) is 0 Å². The molecule has 1 aromatic heterocycles. The number of nitrogens with zero attached hydrogens (tertiary/aromatic N) is 1. The first-order valence-corrected chi connectivity index (χ1v) is 3.49. The molecular formula is C8H9NO3. The zero-order valence-electron chi connectivity index (χ0n) is 6.34. The van der Waals surface area contributed by atoms with E-state index in [4.69, 9.17) is 10.2 Å². The molecule has 1 atom stereocenters. The number of carboxylic acid groups (broad SMARTS) is 1. The number of aromatic nitrogens is 1. The van der Waals surface area contributed by atoms with Crippen molar-refractivity contribution < 1.29 is 15.0 Å². The van der Waals surface area contributed by atoms with Crippen LogP contribution in [-0.2, 0) is 4.79 Å². The fourth-order valence-corrected chi connectivity index (χ4v) is 0.922. The van der Waals surface area contributed by atoms with Crippen molar-refractivity contribution in [2.45, 2.75) is 5.92 Å². The van der Waals surface area contributed by atoms with E-state index in [-0.39, 0.29) is 6.61 Å². The number of hydrogen-bond donors (Lipinski definition) is 2. The Morgan fingerprint density at radius 3 is 2.50 bits per heavy atom. The number of aliphatic hydroxyl groups is 1. The van der Waals surface area contributed by atoms with Gasteiger partial charge in [0.2, 0.25) is 0 Å². The second-order valence-corrected chi connectivity index (χ2v) is 2.35. The summed E-state index contributed by atoms with van der Waals surface area (Å²) in [7, 11) is 0. The monoisotopic (exact) mass is 167 g/mol. The largest absolute Gasteiger partial charge is 0.481 e. The van der Waals surface area contributed by atoms with E-state index >= 15 is 0 Å². The van der Waals surface area contributed by atoms with Crippen LogP contribution in [0.25, 0.3) is 0 Å². The van der Waals surface area contributed by atoms with Crippen LogP contribution in [0.3, 0.4) is 0 Å². The fourth-order valence-electron chi connectivity index (χ4n) is 0.922. The average molecular weight is 167 g/mol. The SMILES string of the molecule is O=C(O)C(CO)c1ccncc1. The van der Waals surface area contributed by atoms with Crippen LogP contribution >= 0.6 is 0 Å². The van der Waals surface area contributed by atoms with Gasteiger partial charge < -0.3 is 10.2 Å². The average Bonchev–Trinajstić information content (AvgIpc) is 2.07. The molecule has 0 spiro atoms. The fraction of sp³-hybridized carbons (Fsp3) is 0.250. The predicted molar refractivity (Wildman–Crippen MR) is 41.7 cm³/mol. The molecule has 4 heteroatoms. The van der Waals surface area contributed by atoms with Crippen LogP contribution in [0.15, 0.2) is 24.5 Å². The minimum Gasteiger partial charge on any atom is -0.481 e.